The monoisotopic (exact) mass is 158 g/mol. The Bertz CT molecular complexity index is 182. The first kappa shape index (κ1) is 7.84. The summed E-state index contributed by atoms with van der Waals surface area (Å²) in [5.74, 6) is 0. The Kier molecular flexibility index (Phi) is 2.30. The number of hydrogen-bond acceptors (Lipinski definition) is 4. The molecule has 0 atom stereocenters. The van der Waals surface area contributed by atoms with Crippen molar-refractivity contribution in [3.8, 4) is 0 Å². The van der Waals surface area contributed by atoms with Crippen LogP contribution in [0.2, 0.25) is 0 Å². The predicted octanol–water partition coefficient (Wildman–Crippen LogP) is 0.289. The van der Waals surface area contributed by atoms with Gasteiger partial charge in [0.1, 0.15) is 0 Å². The molecule has 5 nitrogen and oxygen atoms in total. The highest BCUT2D eigenvalue weighted by Crippen LogP contribution is 2.05. The lowest BCUT2D eigenvalue weighted by Crippen LogP contribution is -2.50. The molecule has 1 aliphatic heterocycles. The fourth-order valence-electron chi connectivity index (χ4n) is 0.801. The lowest BCUT2D eigenvalue weighted by Gasteiger charge is -2.30. The van der Waals surface area contributed by atoms with Crippen LogP contribution < -0.4 is 0 Å². The Hall–Kier alpha value is -1.26. The van der Waals surface area contributed by atoms with E-state index < -0.39 is 0 Å². The third kappa shape index (κ3) is 1.60. The van der Waals surface area contributed by atoms with E-state index in [-0.39, 0.29) is 6.09 Å². The normalized spacial score (nSPS) is 15.7. The average molecular weight is 158 g/mol. The molecule has 11 heavy (non-hydrogen) atoms. The summed E-state index contributed by atoms with van der Waals surface area (Å²) in [5, 5.41) is 11.2. The summed E-state index contributed by atoms with van der Waals surface area (Å²) in [6, 6.07) is 0. The van der Waals surface area contributed by atoms with Crippen LogP contribution >= 0.6 is 0 Å². The van der Waals surface area contributed by atoms with Crippen LogP contribution in [0.4, 0.5) is 4.79 Å². The molecule has 0 aromatic heterocycles. The van der Waals surface area contributed by atoms with E-state index in [4.69, 9.17) is 5.21 Å². The van der Waals surface area contributed by atoms with E-state index in [1.54, 1.807) is 6.92 Å². The maximum atomic E-state index is 10.9. The number of hydrogen-bond donors (Lipinski definition) is 1. The Morgan fingerprint density at radius 2 is 2.45 bits per heavy atom. The third-order valence-electron chi connectivity index (χ3n) is 1.41. The topological polar surface area (TPSA) is 62.1 Å². The minimum Gasteiger partial charge on any atom is -0.450 e. The molecule has 0 aromatic rings. The quantitative estimate of drug-likeness (QED) is 0.440. The van der Waals surface area contributed by atoms with Crippen molar-refractivity contribution in [1.82, 2.24) is 4.90 Å². The number of likely N-dealkylation sites (tertiary alicyclic amines) is 1. The smallest absolute Gasteiger partial charge is 0.410 e. The highest BCUT2D eigenvalue weighted by atomic mass is 16.6. The standard InChI is InChI=1S/C6H10N2O3/c1-2-11-6(9)8-3-5(4-8)7-10/h10H,2-4H2,1H3. The molecule has 0 bridgehead atoms. The van der Waals surface area contributed by atoms with Gasteiger partial charge in [0.15, 0.2) is 0 Å². The highest BCUT2D eigenvalue weighted by molar-refractivity contribution is 5.97. The molecule has 0 aliphatic carbocycles. The molecule has 0 spiro atoms. The molecule has 1 aliphatic rings. The molecule has 0 unspecified atom stereocenters. The zero-order chi connectivity index (χ0) is 8.27. The van der Waals surface area contributed by atoms with Gasteiger partial charge < -0.3 is 9.94 Å². The van der Waals surface area contributed by atoms with Crippen molar-refractivity contribution in [3.63, 3.8) is 0 Å². The van der Waals surface area contributed by atoms with Crippen molar-refractivity contribution in [3.05, 3.63) is 0 Å². The summed E-state index contributed by atoms with van der Waals surface area (Å²) < 4.78 is 4.69. The van der Waals surface area contributed by atoms with E-state index in [1.165, 1.54) is 4.90 Å². The van der Waals surface area contributed by atoms with Crippen LogP contribution in [0.1, 0.15) is 6.92 Å². The van der Waals surface area contributed by atoms with E-state index in [0.717, 1.165) is 0 Å². The second-order valence-corrected chi connectivity index (χ2v) is 2.22. The number of carbonyl (C=O) groups is 1. The van der Waals surface area contributed by atoms with Crippen LogP contribution in [0, 0.1) is 0 Å². The van der Waals surface area contributed by atoms with Gasteiger partial charge in [-0.3, -0.25) is 4.90 Å². The lowest BCUT2D eigenvalue weighted by molar-refractivity contribution is 0.109. The molecule has 1 heterocycles. The van der Waals surface area contributed by atoms with Crippen molar-refractivity contribution in [2.75, 3.05) is 19.7 Å². The number of rotatable bonds is 1. The van der Waals surface area contributed by atoms with Crippen LogP contribution in [-0.2, 0) is 4.74 Å². The van der Waals surface area contributed by atoms with Crippen LogP contribution in [0.15, 0.2) is 5.16 Å². The van der Waals surface area contributed by atoms with Gasteiger partial charge in [-0.1, -0.05) is 5.16 Å². The highest BCUT2D eigenvalue weighted by Gasteiger charge is 2.27. The van der Waals surface area contributed by atoms with Crippen molar-refractivity contribution < 1.29 is 14.7 Å². The van der Waals surface area contributed by atoms with Gasteiger partial charge in [0.2, 0.25) is 0 Å². The molecule has 0 radical (unpaired) electrons. The fourth-order valence-corrected chi connectivity index (χ4v) is 0.801. The van der Waals surface area contributed by atoms with E-state index in [0.29, 0.717) is 25.4 Å². The predicted molar refractivity (Wildman–Crippen MR) is 37.8 cm³/mol. The van der Waals surface area contributed by atoms with Crippen molar-refractivity contribution >= 4 is 11.8 Å². The van der Waals surface area contributed by atoms with Gasteiger partial charge >= 0.3 is 6.09 Å². The fraction of sp³-hybridized carbons (Fsp3) is 0.667. The SMILES string of the molecule is CCOC(=O)N1CC(=NO)C1. The Labute approximate surface area is 64.2 Å². The molecule has 1 amide bonds. The van der Waals surface area contributed by atoms with Gasteiger partial charge in [0, 0.05) is 0 Å². The molecule has 1 fully saturated rings. The maximum absolute atomic E-state index is 10.9. The second kappa shape index (κ2) is 3.23. The Balaban J connectivity index is 2.26. The van der Waals surface area contributed by atoms with Gasteiger partial charge in [-0.2, -0.15) is 0 Å². The largest absolute Gasteiger partial charge is 0.450 e. The van der Waals surface area contributed by atoms with E-state index in [9.17, 15) is 4.79 Å². The molecule has 1 rings (SSSR count). The summed E-state index contributed by atoms with van der Waals surface area (Å²) in [6.45, 7) is 2.89. The zero-order valence-corrected chi connectivity index (χ0v) is 6.28. The molecular weight excluding hydrogens is 148 g/mol. The lowest BCUT2D eigenvalue weighted by atomic mass is 10.2. The van der Waals surface area contributed by atoms with Gasteiger partial charge in [-0.25, -0.2) is 4.79 Å². The second-order valence-electron chi connectivity index (χ2n) is 2.22. The molecular formula is C6H10N2O3. The number of amides is 1. The van der Waals surface area contributed by atoms with E-state index in [1.807, 2.05) is 0 Å². The molecule has 62 valence electrons. The Morgan fingerprint density at radius 3 is 2.91 bits per heavy atom. The number of ether oxygens (including phenoxy) is 1. The molecule has 0 saturated carbocycles. The van der Waals surface area contributed by atoms with E-state index in [2.05, 4.69) is 9.89 Å². The number of carbonyl (C=O) groups excluding carboxylic acids is 1. The van der Waals surface area contributed by atoms with Crippen molar-refractivity contribution in [2.45, 2.75) is 6.92 Å². The number of oxime groups is 1. The Morgan fingerprint density at radius 1 is 1.82 bits per heavy atom. The summed E-state index contributed by atoms with van der Waals surface area (Å²) >= 11 is 0. The summed E-state index contributed by atoms with van der Waals surface area (Å²) in [5.41, 5.74) is 0.609. The summed E-state index contributed by atoms with van der Waals surface area (Å²) in [4.78, 5) is 12.3. The minimum atomic E-state index is -0.347. The molecule has 1 N–H and O–H groups in total. The van der Waals surface area contributed by atoms with Crippen molar-refractivity contribution in [1.29, 1.82) is 0 Å². The summed E-state index contributed by atoms with van der Waals surface area (Å²) in [7, 11) is 0. The van der Waals surface area contributed by atoms with Crippen LogP contribution in [0.3, 0.4) is 0 Å². The minimum absolute atomic E-state index is 0.347. The molecule has 0 aromatic carbocycles. The van der Waals surface area contributed by atoms with Crippen LogP contribution in [0.5, 0.6) is 0 Å². The number of nitrogens with zero attached hydrogens (tertiary/aromatic N) is 2. The average Bonchev–Trinajstić information content (AvgIpc) is 1.86. The first-order valence-electron chi connectivity index (χ1n) is 3.39. The molecule has 1 saturated heterocycles. The van der Waals surface area contributed by atoms with Gasteiger partial charge in [-0.05, 0) is 6.92 Å². The summed E-state index contributed by atoms with van der Waals surface area (Å²) in [6.07, 6.45) is -0.347. The third-order valence-corrected chi connectivity index (χ3v) is 1.41. The van der Waals surface area contributed by atoms with Gasteiger partial charge in [-0.15, -0.1) is 0 Å². The van der Waals surface area contributed by atoms with Crippen molar-refractivity contribution in [2.24, 2.45) is 5.16 Å². The van der Waals surface area contributed by atoms with Gasteiger partial charge in [0.05, 0.1) is 25.4 Å². The maximum Gasteiger partial charge on any atom is 0.410 e. The van der Waals surface area contributed by atoms with Crippen LogP contribution in [-0.4, -0.2) is 41.6 Å². The van der Waals surface area contributed by atoms with Gasteiger partial charge in [0.25, 0.3) is 0 Å². The van der Waals surface area contributed by atoms with Crippen LogP contribution in [0.25, 0.3) is 0 Å². The van der Waals surface area contributed by atoms with E-state index >= 15 is 0 Å². The first-order chi connectivity index (χ1) is 5.27. The molecule has 5 heteroatoms. The zero-order valence-electron chi connectivity index (χ0n) is 6.28. The first-order valence-corrected chi connectivity index (χ1v) is 3.39.